The van der Waals surface area contributed by atoms with E-state index in [0.717, 1.165) is 0 Å². The summed E-state index contributed by atoms with van der Waals surface area (Å²) < 4.78 is 0. The lowest BCUT2D eigenvalue weighted by Crippen LogP contribution is -2.33. The molecule has 0 aliphatic heterocycles. The summed E-state index contributed by atoms with van der Waals surface area (Å²) in [5.74, 6) is -1.69. The van der Waals surface area contributed by atoms with Gasteiger partial charge in [-0.15, -0.1) is 0 Å². The maximum atomic E-state index is 12.1. The summed E-state index contributed by atoms with van der Waals surface area (Å²) in [6, 6.07) is 12.6. The maximum Gasteiger partial charge on any atom is 0.329 e. The number of carbonyl (C=O) groups excluding carboxylic acids is 3. The molecule has 7 nitrogen and oxygen atoms in total. The van der Waals surface area contributed by atoms with Crippen LogP contribution < -0.4 is 16.1 Å². The average Bonchev–Trinajstić information content (AvgIpc) is 2.69. The van der Waals surface area contributed by atoms with Crippen molar-refractivity contribution in [2.45, 2.75) is 40.0 Å². The van der Waals surface area contributed by atoms with E-state index < -0.39 is 11.8 Å². The second-order valence-corrected chi connectivity index (χ2v) is 7.56. The zero-order chi connectivity index (χ0) is 22.3. The quantitative estimate of drug-likeness (QED) is 0.364. The molecule has 0 spiro atoms. The molecule has 8 heteroatoms. The lowest BCUT2D eigenvalue weighted by Gasteiger charge is -2.09. The summed E-state index contributed by atoms with van der Waals surface area (Å²) >= 11 is 6.00. The van der Waals surface area contributed by atoms with Gasteiger partial charge in [0.05, 0.1) is 6.42 Å². The first-order valence-electron chi connectivity index (χ1n) is 9.46. The molecule has 2 aromatic rings. The standard InChI is InChI=1S/C22H25ClN4O3/c1-13(2)16-8-10-17(11-9-16)24-20(28)12-14(3)26-27-22(30)21(29)25-19-7-5-6-18(23)15(19)4/h5-11,13H,12H2,1-4H3,(H,24,28)(H,25,29)(H,27,30)/b26-14-. The zero-order valence-corrected chi connectivity index (χ0v) is 18.1. The third-order valence-corrected chi connectivity index (χ3v) is 4.76. The van der Waals surface area contributed by atoms with Crippen LogP contribution >= 0.6 is 11.6 Å². The van der Waals surface area contributed by atoms with Gasteiger partial charge >= 0.3 is 11.8 Å². The van der Waals surface area contributed by atoms with Crippen LogP contribution in [0.3, 0.4) is 0 Å². The Kier molecular flexibility index (Phi) is 8.12. The number of nitrogens with one attached hydrogen (secondary N) is 3. The van der Waals surface area contributed by atoms with Crippen molar-refractivity contribution >= 4 is 46.4 Å². The number of hydrazone groups is 1. The average molecular weight is 429 g/mol. The van der Waals surface area contributed by atoms with E-state index in [9.17, 15) is 14.4 Å². The third-order valence-electron chi connectivity index (χ3n) is 4.35. The van der Waals surface area contributed by atoms with Crippen LogP contribution in [0.15, 0.2) is 47.6 Å². The SMILES string of the molecule is C/C(CC(=O)Nc1ccc(C(C)C)cc1)=N/NC(=O)C(=O)Nc1cccc(Cl)c1C. The number of benzene rings is 2. The van der Waals surface area contributed by atoms with Gasteiger partial charge in [0, 0.05) is 22.1 Å². The number of anilines is 2. The maximum absolute atomic E-state index is 12.1. The van der Waals surface area contributed by atoms with E-state index in [0.29, 0.717) is 33.6 Å². The summed E-state index contributed by atoms with van der Waals surface area (Å²) in [6.45, 7) is 7.50. The van der Waals surface area contributed by atoms with Crippen molar-refractivity contribution < 1.29 is 14.4 Å². The Labute approximate surface area is 180 Å². The first-order valence-corrected chi connectivity index (χ1v) is 9.84. The Hall–Kier alpha value is -3.19. The summed E-state index contributed by atoms with van der Waals surface area (Å²) in [7, 11) is 0. The van der Waals surface area contributed by atoms with Crippen LogP contribution in [0, 0.1) is 6.92 Å². The van der Waals surface area contributed by atoms with Crippen LogP contribution in [0.5, 0.6) is 0 Å². The molecule has 0 aromatic heterocycles. The molecule has 3 N–H and O–H groups in total. The highest BCUT2D eigenvalue weighted by molar-refractivity contribution is 6.40. The van der Waals surface area contributed by atoms with E-state index in [1.165, 1.54) is 5.56 Å². The van der Waals surface area contributed by atoms with Gasteiger partial charge < -0.3 is 10.6 Å². The molecule has 0 aliphatic carbocycles. The topological polar surface area (TPSA) is 99.7 Å². The van der Waals surface area contributed by atoms with Crippen molar-refractivity contribution in [1.29, 1.82) is 0 Å². The molecular formula is C22H25ClN4O3. The molecular weight excluding hydrogens is 404 g/mol. The minimum atomic E-state index is -0.946. The van der Waals surface area contributed by atoms with Gasteiger partial charge in [-0.2, -0.15) is 5.10 Å². The van der Waals surface area contributed by atoms with Crippen molar-refractivity contribution in [3.05, 3.63) is 58.6 Å². The normalized spacial score (nSPS) is 11.2. The highest BCUT2D eigenvalue weighted by Gasteiger charge is 2.15. The highest BCUT2D eigenvalue weighted by Crippen LogP contribution is 2.22. The van der Waals surface area contributed by atoms with Crippen LogP contribution in [0.25, 0.3) is 0 Å². The van der Waals surface area contributed by atoms with Gasteiger partial charge in [-0.25, -0.2) is 5.43 Å². The second-order valence-electron chi connectivity index (χ2n) is 7.16. The molecule has 0 saturated heterocycles. The highest BCUT2D eigenvalue weighted by atomic mass is 35.5. The number of rotatable bonds is 6. The van der Waals surface area contributed by atoms with E-state index >= 15 is 0 Å². The number of carbonyl (C=O) groups is 3. The van der Waals surface area contributed by atoms with Crippen LogP contribution in [0.4, 0.5) is 11.4 Å². The van der Waals surface area contributed by atoms with Crippen molar-refractivity contribution in [1.82, 2.24) is 5.43 Å². The van der Waals surface area contributed by atoms with Gasteiger partial charge in [-0.05, 0) is 55.2 Å². The molecule has 0 radical (unpaired) electrons. The number of hydrogen-bond donors (Lipinski definition) is 3. The lowest BCUT2D eigenvalue weighted by atomic mass is 10.0. The van der Waals surface area contributed by atoms with Crippen molar-refractivity contribution in [3.63, 3.8) is 0 Å². The number of hydrogen-bond acceptors (Lipinski definition) is 4. The van der Waals surface area contributed by atoms with E-state index in [-0.39, 0.29) is 12.3 Å². The molecule has 0 bridgehead atoms. The molecule has 2 aromatic carbocycles. The van der Waals surface area contributed by atoms with Gasteiger partial charge in [0.15, 0.2) is 0 Å². The Balaban J connectivity index is 1.86. The van der Waals surface area contributed by atoms with Crippen molar-refractivity contribution in [2.24, 2.45) is 5.10 Å². The zero-order valence-electron chi connectivity index (χ0n) is 17.4. The fourth-order valence-electron chi connectivity index (χ4n) is 2.55. The molecule has 0 atom stereocenters. The number of halogens is 1. The molecule has 0 fully saturated rings. The Morgan fingerprint density at radius 1 is 1.00 bits per heavy atom. The number of amides is 3. The monoisotopic (exact) mass is 428 g/mol. The van der Waals surface area contributed by atoms with E-state index in [1.54, 1.807) is 32.0 Å². The molecule has 0 saturated carbocycles. The Morgan fingerprint density at radius 2 is 1.67 bits per heavy atom. The van der Waals surface area contributed by atoms with E-state index in [2.05, 4.69) is 35.0 Å². The van der Waals surface area contributed by atoms with Gasteiger partial charge in [0.1, 0.15) is 0 Å². The summed E-state index contributed by atoms with van der Waals surface area (Å²) in [5.41, 5.74) is 5.45. The van der Waals surface area contributed by atoms with E-state index in [1.807, 2.05) is 24.3 Å². The second kappa shape index (κ2) is 10.5. The molecule has 0 aliphatic rings. The van der Waals surface area contributed by atoms with Crippen molar-refractivity contribution in [3.8, 4) is 0 Å². The smallest absolute Gasteiger partial charge is 0.326 e. The lowest BCUT2D eigenvalue weighted by molar-refractivity contribution is -0.136. The van der Waals surface area contributed by atoms with Crippen LogP contribution in [0.1, 0.15) is 44.2 Å². The molecule has 30 heavy (non-hydrogen) atoms. The molecule has 2 rings (SSSR count). The van der Waals surface area contributed by atoms with Gasteiger partial charge in [-0.1, -0.05) is 43.6 Å². The minimum Gasteiger partial charge on any atom is -0.326 e. The molecule has 0 heterocycles. The van der Waals surface area contributed by atoms with Crippen LogP contribution in [-0.2, 0) is 14.4 Å². The Bertz CT molecular complexity index is 969. The summed E-state index contributed by atoms with van der Waals surface area (Å²) in [4.78, 5) is 36.1. The predicted molar refractivity (Wildman–Crippen MR) is 120 cm³/mol. The van der Waals surface area contributed by atoms with Gasteiger partial charge in [0.2, 0.25) is 5.91 Å². The largest absolute Gasteiger partial charge is 0.329 e. The van der Waals surface area contributed by atoms with Crippen LogP contribution in [0.2, 0.25) is 5.02 Å². The fourth-order valence-corrected chi connectivity index (χ4v) is 2.72. The first kappa shape index (κ1) is 23.1. The summed E-state index contributed by atoms with van der Waals surface area (Å²) in [6.07, 6.45) is -0.0266. The third kappa shape index (κ3) is 6.70. The van der Waals surface area contributed by atoms with Crippen LogP contribution in [-0.4, -0.2) is 23.4 Å². The predicted octanol–water partition coefficient (Wildman–Crippen LogP) is 4.23. The Morgan fingerprint density at radius 3 is 2.30 bits per heavy atom. The van der Waals surface area contributed by atoms with Gasteiger partial charge in [-0.3, -0.25) is 14.4 Å². The first-order chi connectivity index (χ1) is 14.2. The summed E-state index contributed by atoms with van der Waals surface area (Å²) in [5, 5.41) is 9.54. The molecule has 0 unspecified atom stereocenters. The minimum absolute atomic E-state index is 0.0266. The molecule has 3 amide bonds. The van der Waals surface area contributed by atoms with Crippen molar-refractivity contribution in [2.75, 3.05) is 10.6 Å². The van der Waals surface area contributed by atoms with Gasteiger partial charge in [0.25, 0.3) is 0 Å². The molecule has 158 valence electrons. The fraction of sp³-hybridized carbons (Fsp3) is 0.273. The van der Waals surface area contributed by atoms with E-state index in [4.69, 9.17) is 11.6 Å². The number of nitrogens with zero attached hydrogens (tertiary/aromatic N) is 1.